The van der Waals surface area contributed by atoms with Crippen LogP contribution < -0.4 is 5.32 Å². The molecule has 1 N–H and O–H groups in total. The van der Waals surface area contributed by atoms with Crippen molar-refractivity contribution >= 4 is 11.8 Å². The van der Waals surface area contributed by atoms with Gasteiger partial charge in [-0.3, -0.25) is 4.79 Å². The van der Waals surface area contributed by atoms with Crippen LogP contribution in [0.2, 0.25) is 0 Å². The Hall–Kier alpha value is -2.90. The van der Waals surface area contributed by atoms with Crippen molar-refractivity contribution in [1.29, 1.82) is 0 Å². The molecule has 0 bridgehead atoms. The first kappa shape index (κ1) is 22.3. The van der Waals surface area contributed by atoms with Gasteiger partial charge in [-0.05, 0) is 60.9 Å². The predicted octanol–water partition coefficient (Wildman–Crippen LogP) is 5.27. The minimum atomic E-state index is -4.49. The number of rotatable bonds is 2. The maximum Gasteiger partial charge on any atom is 0.416 e. The highest BCUT2D eigenvalue weighted by Crippen LogP contribution is 2.43. The van der Waals surface area contributed by atoms with Crippen LogP contribution in [0, 0.1) is 18.2 Å². The summed E-state index contributed by atoms with van der Waals surface area (Å²) in [6.45, 7) is 2.20. The number of amides is 2. The molecule has 4 rings (SSSR count). The Morgan fingerprint density at radius 1 is 1.09 bits per heavy atom. The van der Waals surface area contributed by atoms with Gasteiger partial charge in [0.25, 0.3) is 0 Å². The fourth-order valence-electron chi connectivity index (χ4n) is 4.79. The first-order valence-electron chi connectivity index (χ1n) is 10.6. The number of carbonyl (C=O) groups excluding carboxylic acids is 2. The Kier molecular flexibility index (Phi) is 5.73. The van der Waals surface area contributed by atoms with E-state index in [1.807, 2.05) is 0 Å². The zero-order chi connectivity index (χ0) is 23.1. The molecule has 2 aromatic carbocycles. The van der Waals surface area contributed by atoms with Crippen molar-refractivity contribution < 1.29 is 27.2 Å². The quantitative estimate of drug-likeness (QED) is 0.636. The molecular formula is C24H24F4N2O2. The molecule has 0 atom stereocenters. The topological polar surface area (TPSA) is 49.4 Å². The second-order valence-corrected chi connectivity index (χ2v) is 8.88. The molecule has 0 saturated carbocycles. The number of piperidine rings is 1. The molecule has 1 heterocycles. The van der Waals surface area contributed by atoms with Gasteiger partial charge in [0, 0.05) is 31.6 Å². The number of alkyl halides is 3. The SMILES string of the molecule is Cc1ccc(CNC(=O)N2CCC3(CC2)CC(=O)c2cc(F)ccc2C3)c(C(F)(F)F)c1. The molecule has 1 fully saturated rings. The summed E-state index contributed by atoms with van der Waals surface area (Å²) in [5.74, 6) is -0.510. The van der Waals surface area contributed by atoms with Gasteiger partial charge in [-0.1, -0.05) is 23.8 Å². The van der Waals surface area contributed by atoms with Crippen molar-refractivity contribution in [3.8, 4) is 0 Å². The molecule has 2 aromatic rings. The van der Waals surface area contributed by atoms with Crippen molar-refractivity contribution in [1.82, 2.24) is 10.2 Å². The molecule has 1 aliphatic heterocycles. The second kappa shape index (κ2) is 8.22. The van der Waals surface area contributed by atoms with Crippen LogP contribution in [0.15, 0.2) is 36.4 Å². The molecule has 2 aliphatic rings. The van der Waals surface area contributed by atoms with Gasteiger partial charge in [0.2, 0.25) is 0 Å². The number of hydrogen-bond acceptors (Lipinski definition) is 2. The number of halogens is 4. The van der Waals surface area contributed by atoms with E-state index in [1.54, 1.807) is 24.0 Å². The van der Waals surface area contributed by atoms with Gasteiger partial charge >= 0.3 is 12.2 Å². The predicted molar refractivity (Wildman–Crippen MR) is 111 cm³/mol. The summed E-state index contributed by atoms with van der Waals surface area (Å²) in [4.78, 5) is 26.7. The maximum atomic E-state index is 13.5. The van der Waals surface area contributed by atoms with E-state index < -0.39 is 23.6 Å². The molecule has 4 nitrogen and oxygen atoms in total. The number of ketones is 1. The first-order valence-corrected chi connectivity index (χ1v) is 10.6. The lowest BCUT2D eigenvalue weighted by molar-refractivity contribution is -0.138. The van der Waals surface area contributed by atoms with E-state index in [9.17, 15) is 27.2 Å². The number of Topliss-reactive ketones (excluding diaryl/α,β-unsaturated/α-hetero) is 1. The number of fused-ring (bicyclic) bond motifs is 1. The molecule has 1 aliphatic carbocycles. The minimum absolute atomic E-state index is 0.0200. The average molecular weight is 448 g/mol. The maximum absolute atomic E-state index is 13.5. The third-order valence-electron chi connectivity index (χ3n) is 6.59. The summed E-state index contributed by atoms with van der Waals surface area (Å²) >= 11 is 0. The number of carbonyl (C=O) groups is 2. The van der Waals surface area contributed by atoms with E-state index in [1.165, 1.54) is 18.2 Å². The van der Waals surface area contributed by atoms with Gasteiger partial charge in [0.05, 0.1) is 5.56 Å². The zero-order valence-corrected chi connectivity index (χ0v) is 17.7. The van der Waals surface area contributed by atoms with Crippen LogP contribution in [-0.4, -0.2) is 29.8 Å². The number of benzene rings is 2. The van der Waals surface area contributed by atoms with Crippen molar-refractivity contribution in [2.45, 2.75) is 45.3 Å². The van der Waals surface area contributed by atoms with Gasteiger partial charge in [-0.2, -0.15) is 13.2 Å². The van der Waals surface area contributed by atoms with Gasteiger partial charge in [0.15, 0.2) is 5.78 Å². The molecule has 2 amide bonds. The Labute approximate surface area is 183 Å². The lowest BCUT2D eigenvalue weighted by Gasteiger charge is -2.44. The second-order valence-electron chi connectivity index (χ2n) is 8.88. The van der Waals surface area contributed by atoms with Crippen molar-refractivity contribution in [3.05, 3.63) is 70.0 Å². The fraction of sp³-hybridized carbons (Fsp3) is 0.417. The molecule has 0 unspecified atom stereocenters. The van der Waals surface area contributed by atoms with Gasteiger partial charge < -0.3 is 10.2 Å². The largest absolute Gasteiger partial charge is 0.416 e. The average Bonchev–Trinajstić information content (AvgIpc) is 2.73. The zero-order valence-electron chi connectivity index (χ0n) is 17.7. The molecule has 32 heavy (non-hydrogen) atoms. The van der Waals surface area contributed by atoms with Crippen LogP contribution >= 0.6 is 0 Å². The molecule has 1 spiro atoms. The molecule has 8 heteroatoms. The van der Waals surface area contributed by atoms with E-state index in [4.69, 9.17) is 0 Å². The van der Waals surface area contributed by atoms with Crippen LogP contribution in [-0.2, 0) is 19.1 Å². The van der Waals surface area contributed by atoms with E-state index in [0.717, 1.165) is 11.6 Å². The number of likely N-dealkylation sites (tertiary alicyclic amines) is 1. The van der Waals surface area contributed by atoms with Crippen molar-refractivity contribution in [2.24, 2.45) is 5.41 Å². The molecular weight excluding hydrogens is 424 g/mol. The van der Waals surface area contributed by atoms with E-state index in [2.05, 4.69) is 5.32 Å². The third kappa shape index (κ3) is 4.49. The number of nitrogens with zero attached hydrogens (tertiary/aromatic N) is 1. The van der Waals surface area contributed by atoms with Gasteiger partial charge in [-0.25, -0.2) is 9.18 Å². The van der Waals surface area contributed by atoms with Crippen LogP contribution in [0.1, 0.15) is 51.9 Å². The summed E-state index contributed by atoms with van der Waals surface area (Å²) in [7, 11) is 0. The van der Waals surface area contributed by atoms with E-state index >= 15 is 0 Å². The molecule has 170 valence electrons. The summed E-state index contributed by atoms with van der Waals surface area (Å²) < 4.78 is 53.4. The summed E-state index contributed by atoms with van der Waals surface area (Å²) in [6, 6.07) is 7.93. The van der Waals surface area contributed by atoms with Crippen molar-refractivity contribution in [3.63, 3.8) is 0 Å². The number of aryl methyl sites for hydroxylation is 1. The minimum Gasteiger partial charge on any atom is -0.334 e. The number of nitrogens with one attached hydrogen (secondary N) is 1. The number of hydrogen-bond donors (Lipinski definition) is 1. The van der Waals surface area contributed by atoms with Gasteiger partial charge in [0.1, 0.15) is 5.82 Å². The third-order valence-corrected chi connectivity index (χ3v) is 6.59. The lowest BCUT2D eigenvalue weighted by Crippen LogP contribution is -2.49. The molecule has 1 saturated heterocycles. The highest BCUT2D eigenvalue weighted by atomic mass is 19.4. The Morgan fingerprint density at radius 3 is 2.50 bits per heavy atom. The monoisotopic (exact) mass is 448 g/mol. The standard InChI is InChI=1S/C24H24F4N2O2/c1-15-2-3-17(20(10-15)24(26,27)28)14-29-22(32)30-8-6-23(7-9-30)12-16-4-5-18(25)11-19(16)21(31)13-23/h2-5,10-11H,6-9,12-14H2,1H3,(H,29,32). The van der Waals surface area contributed by atoms with Crippen LogP contribution in [0.4, 0.5) is 22.4 Å². The van der Waals surface area contributed by atoms with Crippen molar-refractivity contribution in [2.75, 3.05) is 13.1 Å². The number of urea groups is 1. The Morgan fingerprint density at radius 2 is 1.81 bits per heavy atom. The summed E-state index contributed by atoms with van der Waals surface area (Å²) in [5.41, 5.74) is 0.783. The van der Waals surface area contributed by atoms with E-state index in [-0.39, 0.29) is 23.3 Å². The fourth-order valence-corrected chi connectivity index (χ4v) is 4.79. The normalized spacial score (nSPS) is 17.9. The van der Waals surface area contributed by atoms with E-state index in [0.29, 0.717) is 49.9 Å². The smallest absolute Gasteiger partial charge is 0.334 e. The first-order chi connectivity index (χ1) is 15.1. The Balaban J connectivity index is 1.38. The van der Waals surface area contributed by atoms with Crippen LogP contribution in [0.3, 0.4) is 0 Å². The van der Waals surface area contributed by atoms with Crippen LogP contribution in [0.25, 0.3) is 0 Å². The molecule has 0 aromatic heterocycles. The molecule has 0 radical (unpaired) electrons. The van der Waals surface area contributed by atoms with Crippen LogP contribution in [0.5, 0.6) is 0 Å². The summed E-state index contributed by atoms with van der Waals surface area (Å²) in [5, 5.41) is 2.60. The highest BCUT2D eigenvalue weighted by Gasteiger charge is 2.42. The lowest BCUT2D eigenvalue weighted by atomic mass is 9.66. The highest BCUT2D eigenvalue weighted by molar-refractivity contribution is 5.99. The summed E-state index contributed by atoms with van der Waals surface area (Å²) in [6.07, 6.45) is -2.29. The van der Waals surface area contributed by atoms with Gasteiger partial charge in [-0.15, -0.1) is 0 Å². The Bertz CT molecular complexity index is 1060.